The lowest BCUT2D eigenvalue weighted by Gasteiger charge is -2.18. The first kappa shape index (κ1) is 17.7. The number of benzene rings is 1. The van der Waals surface area contributed by atoms with Gasteiger partial charge in [0.2, 0.25) is 5.69 Å². The topological polar surface area (TPSA) is 3.88 Å². The van der Waals surface area contributed by atoms with Crippen molar-refractivity contribution in [1.82, 2.24) is 0 Å². The van der Waals surface area contributed by atoms with Crippen molar-refractivity contribution in [1.29, 1.82) is 0 Å². The van der Waals surface area contributed by atoms with Crippen molar-refractivity contribution < 1.29 is 4.57 Å². The largest absolute Gasteiger partial charge is 0.212 e. The third-order valence-corrected chi connectivity index (χ3v) is 4.46. The molecule has 1 heteroatoms. The van der Waals surface area contributed by atoms with Crippen LogP contribution in [0.25, 0.3) is 11.3 Å². The Morgan fingerprint density at radius 1 is 1.00 bits per heavy atom. The maximum atomic E-state index is 2.39. The minimum absolute atomic E-state index is 0.308. The second kappa shape index (κ2) is 6.47. The number of hydrogen-bond donors (Lipinski definition) is 0. The maximum absolute atomic E-state index is 2.39. The molecule has 124 valence electrons. The first-order chi connectivity index (χ1) is 10.6. The molecule has 1 aromatic heterocycles. The van der Waals surface area contributed by atoms with Crippen LogP contribution in [-0.4, -0.2) is 0 Å². The fourth-order valence-corrected chi connectivity index (χ4v) is 3.37. The van der Waals surface area contributed by atoms with Crippen molar-refractivity contribution >= 4 is 0 Å². The summed E-state index contributed by atoms with van der Waals surface area (Å²) in [5, 5.41) is 0. The fourth-order valence-electron chi connectivity index (χ4n) is 3.37. The Balaban J connectivity index is 2.57. The summed E-state index contributed by atoms with van der Waals surface area (Å²) in [4.78, 5) is 0. The normalized spacial score (nSPS) is 12.0. The molecule has 0 aliphatic heterocycles. The third-order valence-electron chi connectivity index (χ3n) is 4.46. The van der Waals surface area contributed by atoms with E-state index in [1.807, 2.05) is 0 Å². The summed E-state index contributed by atoms with van der Waals surface area (Å²) in [5.74, 6) is 0.553. The molecule has 2 rings (SSSR count). The van der Waals surface area contributed by atoms with E-state index in [4.69, 9.17) is 0 Å². The van der Waals surface area contributed by atoms with Crippen molar-refractivity contribution in [3.63, 3.8) is 0 Å². The van der Waals surface area contributed by atoms with E-state index in [0.717, 1.165) is 6.42 Å². The van der Waals surface area contributed by atoms with Crippen molar-refractivity contribution in [2.24, 2.45) is 12.5 Å². The molecule has 2 aromatic rings. The van der Waals surface area contributed by atoms with Crippen LogP contribution in [0.2, 0.25) is 0 Å². The smallest absolute Gasteiger partial charge is 0.201 e. The van der Waals surface area contributed by atoms with Crippen molar-refractivity contribution in [2.75, 3.05) is 0 Å². The van der Waals surface area contributed by atoms with Crippen molar-refractivity contribution in [3.05, 3.63) is 52.7 Å². The zero-order valence-electron chi connectivity index (χ0n) is 16.1. The van der Waals surface area contributed by atoms with E-state index in [9.17, 15) is 0 Å². The Morgan fingerprint density at radius 3 is 2.22 bits per heavy atom. The molecule has 0 fully saturated rings. The summed E-state index contributed by atoms with van der Waals surface area (Å²) in [5.41, 5.74) is 8.60. The predicted octanol–water partition coefficient (Wildman–Crippen LogP) is 5.51. The molecule has 1 aromatic carbocycles. The molecule has 0 amide bonds. The second-order valence-corrected chi connectivity index (χ2v) is 8.45. The van der Waals surface area contributed by atoms with Gasteiger partial charge in [-0.2, -0.15) is 0 Å². The number of aryl methyl sites for hydroxylation is 3. The third kappa shape index (κ3) is 4.22. The minimum atomic E-state index is 0.308. The van der Waals surface area contributed by atoms with Crippen LogP contribution >= 0.6 is 0 Å². The Kier molecular flexibility index (Phi) is 4.98. The van der Waals surface area contributed by atoms with Crippen LogP contribution in [0.15, 0.2) is 30.5 Å². The van der Waals surface area contributed by atoms with E-state index in [1.54, 1.807) is 0 Å². The SMILES string of the molecule is Cc1cc(C)c(C(C)C)cc1-c1cc(CC(C)(C)C)cc[n+]1C. The predicted molar refractivity (Wildman–Crippen MR) is 99.8 cm³/mol. The average molecular weight is 311 g/mol. The van der Waals surface area contributed by atoms with E-state index in [-0.39, 0.29) is 0 Å². The molecular formula is C22H32N+. The molecule has 0 spiro atoms. The highest BCUT2D eigenvalue weighted by Crippen LogP contribution is 2.30. The molecule has 0 N–H and O–H groups in total. The Bertz CT molecular complexity index is 703. The van der Waals surface area contributed by atoms with Crippen LogP contribution in [-0.2, 0) is 13.5 Å². The monoisotopic (exact) mass is 310 g/mol. The van der Waals surface area contributed by atoms with Crippen LogP contribution in [0, 0.1) is 19.3 Å². The molecule has 0 aliphatic carbocycles. The number of aromatic nitrogens is 1. The lowest BCUT2D eigenvalue weighted by molar-refractivity contribution is -0.660. The number of rotatable bonds is 3. The molecular weight excluding hydrogens is 278 g/mol. The molecule has 1 heterocycles. The number of hydrogen-bond acceptors (Lipinski definition) is 0. The van der Waals surface area contributed by atoms with E-state index >= 15 is 0 Å². The van der Waals surface area contributed by atoms with E-state index in [1.165, 1.54) is 33.5 Å². The summed E-state index contributed by atoms with van der Waals surface area (Å²) < 4.78 is 2.24. The molecule has 0 bridgehead atoms. The first-order valence-electron chi connectivity index (χ1n) is 8.68. The maximum Gasteiger partial charge on any atom is 0.212 e. The molecule has 0 atom stereocenters. The van der Waals surface area contributed by atoms with Gasteiger partial charge < -0.3 is 0 Å². The summed E-state index contributed by atoms with van der Waals surface area (Å²) >= 11 is 0. The van der Waals surface area contributed by atoms with E-state index < -0.39 is 0 Å². The van der Waals surface area contributed by atoms with Gasteiger partial charge in [0.05, 0.1) is 0 Å². The molecule has 0 unspecified atom stereocenters. The van der Waals surface area contributed by atoms with Crippen LogP contribution < -0.4 is 4.57 Å². The summed E-state index contributed by atoms with van der Waals surface area (Å²) in [6.07, 6.45) is 3.30. The molecule has 1 nitrogen and oxygen atoms in total. The van der Waals surface area contributed by atoms with E-state index in [2.05, 4.69) is 90.5 Å². The van der Waals surface area contributed by atoms with Gasteiger partial charge in [-0.15, -0.1) is 0 Å². The zero-order chi connectivity index (χ0) is 17.4. The quantitative estimate of drug-likeness (QED) is 0.658. The molecule has 0 saturated carbocycles. The van der Waals surface area contributed by atoms with Gasteiger partial charge in [0.1, 0.15) is 7.05 Å². The molecule has 0 aliphatic rings. The van der Waals surface area contributed by atoms with Crippen molar-refractivity contribution in [2.45, 2.75) is 60.8 Å². The zero-order valence-corrected chi connectivity index (χ0v) is 16.1. The Labute approximate surface area is 142 Å². The van der Waals surface area contributed by atoms with E-state index in [0.29, 0.717) is 11.3 Å². The van der Waals surface area contributed by atoms with Gasteiger partial charge in [-0.3, -0.25) is 0 Å². The summed E-state index contributed by atoms with van der Waals surface area (Å²) in [6, 6.07) is 9.35. The lowest BCUT2D eigenvalue weighted by Crippen LogP contribution is -2.31. The summed E-state index contributed by atoms with van der Waals surface area (Å²) in [7, 11) is 2.14. The standard InChI is InChI=1S/C22H32N/c1-15(2)19-13-20(17(4)11-16(19)3)21-12-18(9-10-23(21)8)14-22(5,6)7/h9-13,15H,14H2,1-8H3/q+1. The average Bonchev–Trinajstić information content (AvgIpc) is 2.39. The molecule has 0 radical (unpaired) electrons. The number of nitrogens with zero attached hydrogens (tertiary/aromatic N) is 1. The minimum Gasteiger partial charge on any atom is -0.201 e. The van der Waals surface area contributed by atoms with Gasteiger partial charge in [-0.25, -0.2) is 4.57 Å². The van der Waals surface area contributed by atoms with Gasteiger partial charge in [0, 0.05) is 17.7 Å². The highest BCUT2D eigenvalue weighted by Gasteiger charge is 2.18. The molecule has 0 saturated heterocycles. The van der Waals surface area contributed by atoms with Gasteiger partial charge >= 0.3 is 0 Å². The van der Waals surface area contributed by atoms with Gasteiger partial charge in [-0.05, 0) is 59.9 Å². The number of pyridine rings is 1. The van der Waals surface area contributed by atoms with Gasteiger partial charge in [0.15, 0.2) is 6.20 Å². The van der Waals surface area contributed by atoms with Crippen LogP contribution in [0.1, 0.15) is 62.8 Å². The van der Waals surface area contributed by atoms with Crippen LogP contribution in [0.3, 0.4) is 0 Å². The van der Waals surface area contributed by atoms with Crippen LogP contribution in [0.4, 0.5) is 0 Å². The Hall–Kier alpha value is -1.63. The fraction of sp³-hybridized carbons (Fsp3) is 0.500. The second-order valence-electron chi connectivity index (χ2n) is 8.45. The summed E-state index contributed by atoms with van der Waals surface area (Å²) in [6.45, 7) is 15.9. The van der Waals surface area contributed by atoms with Crippen LogP contribution in [0.5, 0.6) is 0 Å². The van der Waals surface area contributed by atoms with Gasteiger partial charge in [0.25, 0.3) is 0 Å². The lowest BCUT2D eigenvalue weighted by atomic mass is 9.87. The highest BCUT2D eigenvalue weighted by molar-refractivity contribution is 5.64. The van der Waals surface area contributed by atoms with Crippen molar-refractivity contribution in [3.8, 4) is 11.3 Å². The molecule has 23 heavy (non-hydrogen) atoms. The van der Waals surface area contributed by atoms with Gasteiger partial charge in [-0.1, -0.05) is 40.7 Å². The first-order valence-corrected chi connectivity index (χ1v) is 8.68. The highest BCUT2D eigenvalue weighted by atomic mass is 14.9. The Morgan fingerprint density at radius 2 is 1.65 bits per heavy atom.